The van der Waals surface area contributed by atoms with E-state index in [9.17, 15) is 9.59 Å². The monoisotopic (exact) mass is 224 g/mol. The van der Waals surface area contributed by atoms with Gasteiger partial charge in [-0.15, -0.1) is 11.8 Å². The Labute approximate surface area is 92.2 Å². The summed E-state index contributed by atoms with van der Waals surface area (Å²) in [5.41, 5.74) is 2.21. The molecule has 80 valence electrons. The largest absolute Gasteiger partial charge is 0.478 e. The summed E-state index contributed by atoms with van der Waals surface area (Å²) in [5, 5.41) is 8.93. The number of carboxylic acid groups (broad SMARTS) is 1. The molecule has 0 bridgehead atoms. The van der Waals surface area contributed by atoms with Crippen LogP contribution >= 0.6 is 11.8 Å². The summed E-state index contributed by atoms with van der Waals surface area (Å²) in [6.07, 6.45) is 2.16. The molecule has 1 heterocycles. The summed E-state index contributed by atoms with van der Waals surface area (Å²) in [6, 6.07) is 0. The van der Waals surface area contributed by atoms with E-state index in [-0.39, 0.29) is 11.7 Å². The molecule has 0 fully saturated rings. The van der Waals surface area contributed by atoms with Crippen LogP contribution in [0.1, 0.15) is 13.3 Å². The molecule has 1 aliphatic carbocycles. The number of rotatable bonds is 1. The molecule has 1 atom stereocenters. The molecular formula is C11H12O3S. The predicted molar refractivity (Wildman–Crippen MR) is 58.9 cm³/mol. The summed E-state index contributed by atoms with van der Waals surface area (Å²) in [5.74, 6) is 0.678. The molecule has 2 aliphatic rings. The zero-order valence-electron chi connectivity index (χ0n) is 8.45. The van der Waals surface area contributed by atoms with E-state index in [0.717, 1.165) is 16.9 Å². The van der Waals surface area contributed by atoms with Crippen molar-refractivity contribution in [2.75, 3.05) is 11.5 Å². The van der Waals surface area contributed by atoms with Crippen molar-refractivity contribution in [3.8, 4) is 0 Å². The van der Waals surface area contributed by atoms with Gasteiger partial charge in [0.25, 0.3) is 0 Å². The van der Waals surface area contributed by atoms with Crippen molar-refractivity contribution in [1.82, 2.24) is 0 Å². The first-order chi connectivity index (χ1) is 7.09. The van der Waals surface area contributed by atoms with Crippen LogP contribution in [-0.4, -0.2) is 28.4 Å². The highest BCUT2D eigenvalue weighted by Gasteiger charge is 2.30. The number of carboxylic acids is 1. The van der Waals surface area contributed by atoms with Gasteiger partial charge in [0.05, 0.1) is 5.75 Å². The summed E-state index contributed by atoms with van der Waals surface area (Å²) in [7, 11) is 0. The van der Waals surface area contributed by atoms with Crippen molar-refractivity contribution in [3.05, 3.63) is 22.8 Å². The molecule has 15 heavy (non-hydrogen) atoms. The van der Waals surface area contributed by atoms with Gasteiger partial charge in [0.2, 0.25) is 0 Å². The summed E-state index contributed by atoms with van der Waals surface area (Å²) < 4.78 is 0. The number of thioether (sulfide) groups is 1. The third-order valence-electron chi connectivity index (χ3n) is 2.78. The molecule has 0 radical (unpaired) electrons. The molecule has 3 nitrogen and oxygen atoms in total. The molecule has 0 spiro atoms. The average molecular weight is 224 g/mol. The number of carbonyl (C=O) groups is 2. The van der Waals surface area contributed by atoms with E-state index in [0.29, 0.717) is 17.7 Å². The predicted octanol–water partition coefficient (Wildman–Crippen LogP) is 1.65. The van der Waals surface area contributed by atoms with Crippen molar-refractivity contribution in [3.63, 3.8) is 0 Å². The van der Waals surface area contributed by atoms with Crippen LogP contribution in [0.25, 0.3) is 0 Å². The van der Waals surface area contributed by atoms with Crippen molar-refractivity contribution in [2.45, 2.75) is 13.3 Å². The minimum atomic E-state index is -0.864. The van der Waals surface area contributed by atoms with E-state index in [1.54, 1.807) is 17.8 Å². The Morgan fingerprint density at radius 1 is 1.53 bits per heavy atom. The fourth-order valence-corrected chi connectivity index (χ4v) is 3.05. The molecule has 0 aromatic carbocycles. The lowest BCUT2D eigenvalue weighted by atomic mass is 9.82. The SMILES string of the molecule is CC1CC(C(=O)O)=CC2=C1C(=O)CSC2. The van der Waals surface area contributed by atoms with Gasteiger partial charge in [-0.1, -0.05) is 6.92 Å². The van der Waals surface area contributed by atoms with Gasteiger partial charge in [0, 0.05) is 16.9 Å². The Balaban J connectivity index is 2.42. The number of Topliss-reactive ketones (excluding diaryl/α,β-unsaturated/α-hetero) is 1. The first kappa shape index (κ1) is 10.5. The van der Waals surface area contributed by atoms with Gasteiger partial charge in [0.1, 0.15) is 0 Å². The summed E-state index contributed by atoms with van der Waals surface area (Å²) in [6.45, 7) is 1.93. The second kappa shape index (κ2) is 3.85. The van der Waals surface area contributed by atoms with Gasteiger partial charge in [-0.25, -0.2) is 4.79 Å². The van der Waals surface area contributed by atoms with Crippen LogP contribution in [0.15, 0.2) is 22.8 Å². The Kier molecular flexibility index (Phi) is 2.69. The average Bonchev–Trinajstić information content (AvgIpc) is 2.17. The lowest BCUT2D eigenvalue weighted by molar-refractivity contribution is -0.133. The molecule has 1 aliphatic heterocycles. The number of allylic oxidation sites excluding steroid dienone is 2. The Hall–Kier alpha value is -1.03. The lowest BCUT2D eigenvalue weighted by Gasteiger charge is -2.26. The Bertz CT molecular complexity index is 393. The van der Waals surface area contributed by atoms with Crippen LogP contribution in [0.2, 0.25) is 0 Å². The number of hydrogen-bond acceptors (Lipinski definition) is 3. The van der Waals surface area contributed by atoms with E-state index in [2.05, 4.69) is 0 Å². The summed E-state index contributed by atoms with van der Waals surface area (Å²) >= 11 is 1.56. The Morgan fingerprint density at radius 2 is 2.27 bits per heavy atom. The topological polar surface area (TPSA) is 54.4 Å². The molecule has 0 saturated heterocycles. The van der Waals surface area contributed by atoms with Crippen molar-refractivity contribution < 1.29 is 14.7 Å². The van der Waals surface area contributed by atoms with Gasteiger partial charge < -0.3 is 5.11 Å². The number of hydrogen-bond donors (Lipinski definition) is 1. The number of carbonyl (C=O) groups excluding carboxylic acids is 1. The van der Waals surface area contributed by atoms with Crippen molar-refractivity contribution >= 4 is 23.5 Å². The van der Waals surface area contributed by atoms with Gasteiger partial charge in [0.15, 0.2) is 5.78 Å². The fraction of sp³-hybridized carbons (Fsp3) is 0.455. The minimum absolute atomic E-state index is 0.0597. The molecule has 4 heteroatoms. The van der Waals surface area contributed by atoms with Gasteiger partial charge in [-0.3, -0.25) is 4.79 Å². The number of ketones is 1. The second-order valence-corrected chi connectivity index (χ2v) is 4.92. The van der Waals surface area contributed by atoms with E-state index in [1.165, 1.54) is 0 Å². The first-order valence-corrected chi connectivity index (χ1v) is 6.03. The molecule has 0 aromatic heterocycles. The molecule has 2 rings (SSSR count). The van der Waals surface area contributed by atoms with Crippen LogP contribution in [0.5, 0.6) is 0 Å². The third kappa shape index (κ3) is 1.86. The molecule has 0 amide bonds. The lowest BCUT2D eigenvalue weighted by Crippen LogP contribution is -2.24. The smallest absolute Gasteiger partial charge is 0.331 e. The molecule has 1 N–H and O–H groups in total. The number of aliphatic carboxylic acids is 1. The fourth-order valence-electron chi connectivity index (χ4n) is 2.15. The minimum Gasteiger partial charge on any atom is -0.478 e. The maximum absolute atomic E-state index is 11.7. The first-order valence-electron chi connectivity index (χ1n) is 4.87. The highest BCUT2D eigenvalue weighted by Crippen LogP contribution is 2.35. The van der Waals surface area contributed by atoms with E-state index < -0.39 is 5.97 Å². The highest BCUT2D eigenvalue weighted by molar-refractivity contribution is 8.00. The van der Waals surface area contributed by atoms with Gasteiger partial charge >= 0.3 is 5.97 Å². The molecule has 1 unspecified atom stereocenters. The molecular weight excluding hydrogens is 212 g/mol. The quantitative estimate of drug-likeness (QED) is 0.735. The normalized spacial score (nSPS) is 26.1. The van der Waals surface area contributed by atoms with Crippen LogP contribution in [0.4, 0.5) is 0 Å². The van der Waals surface area contributed by atoms with Crippen LogP contribution in [-0.2, 0) is 9.59 Å². The van der Waals surface area contributed by atoms with Gasteiger partial charge in [-0.2, -0.15) is 0 Å². The third-order valence-corrected chi connectivity index (χ3v) is 3.76. The second-order valence-electron chi connectivity index (χ2n) is 3.93. The standard InChI is InChI=1S/C11H12O3S/c1-6-2-7(11(13)14)3-8-4-15-5-9(12)10(6)8/h3,6H,2,4-5H2,1H3,(H,13,14). The van der Waals surface area contributed by atoms with Crippen molar-refractivity contribution in [1.29, 1.82) is 0 Å². The van der Waals surface area contributed by atoms with Crippen LogP contribution in [0.3, 0.4) is 0 Å². The molecule has 0 aromatic rings. The summed E-state index contributed by atoms with van der Waals surface area (Å²) in [4.78, 5) is 22.5. The zero-order chi connectivity index (χ0) is 11.0. The molecule has 0 saturated carbocycles. The van der Waals surface area contributed by atoms with Crippen LogP contribution < -0.4 is 0 Å². The van der Waals surface area contributed by atoms with Crippen molar-refractivity contribution in [2.24, 2.45) is 5.92 Å². The Morgan fingerprint density at radius 3 is 2.93 bits per heavy atom. The van der Waals surface area contributed by atoms with E-state index >= 15 is 0 Å². The maximum Gasteiger partial charge on any atom is 0.331 e. The zero-order valence-corrected chi connectivity index (χ0v) is 9.26. The maximum atomic E-state index is 11.7. The van der Waals surface area contributed by atoms with Crippen LogP contribution in [0, 0.1) is 5.92 Å². The highest BCUT2D eigenvalue weighted by atomic mass is 32.2. The van der Waals surface area contributed by atoms with E-state index in [4.69, 9.17) is 5.11 Å². The van der Waals surface area contributed by atoms with E-state index in [1.807, 2.05) is 6.92 Å². The van der Waals surface area contributed by atoms with Gasteiger partial charge in [-0.05, 0) is 24.0 Å².